The van der Waals surface area contributed by atoms with Gasteiger partial charge >= 0.3 is 12.0 Å². The van der Waals surface area contributed by atoms with E-state index in [1.54, 1.807) is 11.8 Å². The zero-order valence-electron chi connectivity index (χ0n) is 11.5. The molecule has 1 atom stereocenters. The molecule has 0 saturated carbocycles. The minimum Gasteiger partial charge on any atom is -0.481 e. The van der Waals surface area contributed by atoms with Gasteiger partial charge in [0.15, 0.2) is 0 Å². The van der Waals surface area contributed by atoms with E-state index in [1.165, 1.54) is 0 Å². The van der Waals surface area contributed by atoms with Crippen molar-refractivity contribution in [3.63, 3.8) is 0 Å². The van der Waals surface area contributed by atoms with Crippen LogP contribution in [0.5, 0.6) is 0 Å². The Morgan fingerprint density at radius 1 is 1.42 bits per heavy atom. The van der Waals surface area contributed by atoms with Gasteiger partial charge < -0.3 is 10.4 Å². The van der Waals surface area contributed by atoms with E-state index >= 15 is 0 Å². The predicted octanol–water partition coefficient (Wildman–Crippen LogP) is 2.25. The SMILES string of the molecule is CCN(C(=O)NCC(C)C(=O)O)c1cccc(C)c1. The Labute approximate surface area is 113 Å². The van der Waals surface area contributed by atoms with Crippen LogP contribution in [-0.2, 0) is 4.79 Å². The number of anilines is 1. The summed E-state index contributed by atoms with van der Waals surface area (Å²) in [4.78, 5) is 24.3. The number of carboxylic acids is 1. The number of amides is 2. The van der Waals surface area contributed by atoms with Crippen LogP contribution >= 0.6 is 0 Å². The molecule has 0 aromatic heterocycles. The number of carbonyl (C=O) groups excluding carboxylic acids is 1. The molecule has 104 valence electrons. The topological polar surface area (TPSA) is 69.6 Å². The summed E-state index contributed by atoms with van der Waals surface area (Å²) in [5, 5.41) is 11.4. The monoisotopic (exact) mass is 264 g/mol. The van der Waals surface area contributed by atoms with Crippen LogP contribution in [0.3, 0.4) is 0 Å². The number of urea groups is 1. The summed E-state index contributed by atoms with van der Waals surface area (Å²) in [5.74, 6) is -1.51. The summed E-state index contributed by atoms with van der Waals surface area (Å²) < 4.78 is 0. The molecule has 0 bridgehead atoms. The van der Waals surface area contributed by atoms with E-state index in [0.29, 0.717) is 6.54 Å². The second kappa shape index (κ2) is 6.78. The largest absolute Gasteiger partial charge is 0.481 e. The minimum atomic E-state index is -0.918. The fraction of sp³-hybridized carbons (Fsp3) is 0.429. The summed E-state index contributed by atoms with van der Waals surface area (Å²) in [6, 6.07) is 7.35. The van der Waals surface area contributed by atoms with Crippen molar-refractivity contribution in [3.8, 4) is 0 Å². The van der Waals surface area contributed by atoms with Crippen LogP contribution in [-0.4, -0.2) is 30.2 Å². The van der Waals surface area contributed by atoms with E-state index < -0.39 is 11.9 Å². The number of aryl methyl sites for hydroxylation is 1. The van der Waals surface area contributed by atoms with Crippen molar-refractivity contribution in [2.45, 2.75) is 20.8 Å². The first-order chi connectivity index (χ1) is 8.95. The van der Waals surface area contributed by atoms with Crippen molar-refractivity contribution in [2.24, 2.45) is 5.92 Å². The molecule has 0 aliphatic rings. The Hall–Kier alpha value is -2.04. The zero-order chi connectivity index (χ0) is 14.4. The van der Waals surface area contributed by atoms with Gasteiger partial charge in [-0.1, -0.05) is 19.1 Å². The normalized spacial score (nSPS) is 11.7. The van der Waals surface area contributed by atoms with Gasteiger partial charge in [-0.25, -0.2) is 4.79 Å². The molecule has 5 nitrogen and oxygen atoms in total. The molecule has 0 radical (unpaired) electrons. The summed E-state index contributed by atoms with van der Waals surface area (Å²) >= 11 is 0. The highest BCUT2D eigenvalue weighted by atomic mass is 16.4. The molecule has 0 spiro atoms. The first-order valence-electron chi connectivity index (χ1n) is 6.30. The molecular weight excluding hydrogens is 244 g/mol. The van der Waals surface area contributed by atoms with Gasteiger partial charge in [-0.3, -0.25) is 9.69 Å². The smallest absolute Gasteiger partial charge is 0.321 e. The maximum Gasteiger partial charge on any atom is 0.321 e. The van der Waals surface area contributed by atoms with E-state index in [9.17, 15) is 9.59 Å². The third-order valence-corrected chi connectivity index (χ3v) is 2.86. The lowest BCUT2D eigenvalue weighted by Gasteiger charge is -2.22. The molecule has 0 aliphatic heterocycles. The first-order valence-corrected chi connectivity index (χ1v) is 6.30. The average Bonchev–Trinajstić information content (AvgIpc) is 2.36. The fourth-order valence-corrected chi connectivity index (χ4v) is 1.66. The molecule has 2 amide bonds. The van der Waals surface area contributed by atoms with Crippen LogP contribution in [0, 0.1) is 12.8 Å². The van der Waals surface area contributed by atoms with Gasteiger partial charge in [-0.05, 0) is 31.5 Å². The van der Waals surface area contributed by atoms with Crippen molar-refractivity contribution in [3.05, 3.63) is 29.8 Å². The molecule has 0 aliphatic carbocycles. The van der Waals surface area contributed by atoms with Gasteiger partial charge in [0.1, 0.15) is 0 Å². The molecular formula is C14H20N2O3. The van der Waals surface area contributed by atoms with E-state index in [1.807, 2.05) is 38.1 Å². The van der Waals surface area contributed by atoms with Crippen LogP contribution in [0.4, 0.5) is 10.5 Å². The number of carboxylic acid groups (broad SMARTS) is 1. The Morgan fingerprint density at radius 3 is 2.63 bits per heavy atom. The number of hydrogen-bond acceptors (Lipinski definition) is 2. The lowest BCUT2D eigenvalue weighted by molar-refractivity contribution is -0.140. The molecule has 1 aromatic carbocycles. The summed E-state index contributed by atoms with van der Waals surface area (Å²) in [6.45, 7) is 6.04. The maximum absolute atomic E-state index is 12.0. The number of nitrogens with zero attached hydrogens (tertiary/aromatic N) is 1. The Kier molecular flexibility index (Phi) is 5.36. The highest BCUT2D eigenvalue weighted by Crippen LogP contribution is 2.15. The molecule has 2 N–H and O–H groups in total. The number of aliphatic carboxylic acids is 1. The van der Waals surface area contributed by atoms with Gasteiger partial charge in [0.05, 0.1) is 5.92 Å². The van der Waals surface area contributed by atoms with Crippen LogP contribution < -0.4 is 10.2 Å². The van der Waals surface area contributed by atoms with Crippen LogP contribution in [0.25, 0.3) is 0 Å². The molecule has 0 saturated heterocycles. The van der Waals surface area contributed by atoms with E-state index in [2.05, 4.69) is 5.32 Å². The molecule has 5 heteroatoms. The van der Waals surface area contributed by atoms with E-state index in [4.69, 9.17) is 5.11 Å². The summed E-state index contributed by atoms with van der Waals surface area (Å²) in [5.41, 5.74) is 1.88. The molecule has 1 aromatic rings. The average molecular weight is 264 g/mol. The Morgan fingerprint density at radius 2 is 2.11 bits per heavy atom. The highest BCUT2D eigenvalue weighted by molar-refractivity contribution is 5.92. The third kappa shape index (κ3) is 4.28. The van der Waals surface area contributed by atoms with E-state index in [-0.39, 0.29) is 12.6 Å². The van der Waals surface area contributed by atoms with Gasteiger partial charge in [-0.15, -0.1) is 0 Å². The highest BCUT2D eigenvalue weighted by Gasteiger charge is 2.16. The molecule has 1 rings (SSSR count). The molecule has 0 heterocycles. The summed E-state index contributed by atoms with van der Waals surface area (Å²) in [6.07, 6.45) is 0. The standard InChI is InChI=1S/C14H20N2O3/c1-4-16(12-7-5-6-10(2)8-12)14(19)15-9-11(3)13(17)18/h5-8,11H,4,9H2,1-3H3,(H,15,19)(H,17,18). The second-order valence-corrected chi connectivity index (χ2v) is 4.51. The van der Waals surface area contributed by atoms with Gasteiger partial charge in [0.25, 0.3) is 0 Å². The van der Waals surface area contributed by atoms with Crippen molar-refractivity contribution in [1.82, 2.24) is 5.32 Å². The summed E-state index contributed by atoms with van der Waals surface area (Å²) in [7, 11) is 0. The lowest BCUT2D eigenvalue weighted by Crippen LogP contribution is -2.42. The number of nitrogens with one attached hydrogen (secondary N) is 1. The number of rotatable bonds is 5. The minimum absolute atomic E-state index is 0.122. The van der Waals surface area contributed by atoms with Gasteiger partial charge in [0.2, 0.25) is 0 Å². The predicted molar refractivity (Wildman–Crippen MR) is 74.4 cm³/mol. The second-order valence-electron chi connectivity index (χ2n) is 4.51. The van der Waals surface area contributed by atoms with Crippen molar-refractivity contribution in [1.29, 1.82) is 0 Å². The lowest BCUT2D eigenvalue weighted by atomic mass is 10.2. The molecule has 1 unspecified atom stereocenters. The maximum atomic E-state index is 12.0. The van der Waals surface area contributed by atoms with Crippen LogP contribution in [0.1, 0.15) is 19.4 Å². The van der Waals surface area contributed by atoms with Crippen LogP contribution in [0.2, 0.25) is 0 Å². The van der Waals surface area contributed by atoms with Crippen LogP contribution in [0.15, 0.2) is 24.3 Å². The quantitative estimate of drug-likeness (QED) is 0.857. The van der Waals surface area contributed by atoms with Crippen molar-refractivity contribution in [2.75, 3.05) is 18.0 Å². The first kappa shape index (κ1) is 15.0. The number of benzene rings is 1. The van der Waals surface area contributed by atoms with Gasteiger partial charge in [-0.2, -0.15) is 0 Å². The van der Waals surface area contributed by atoms with Crippen molar-refractivity contribution >= 4 is 17.7 Å². The van der Waals surface area contributed by atoms with Crippen molar-refractivity contribution < 1.29 is 14.7 Å². The fourth-order valence-electron chi connectivity index (χ4n) is 1.66. The van der Waals surface area contributed by atoms with E-state index in [0.717, 1.165) is 11.3 Å². The number of carbonyl (C=O) groups is 2. The Bertz CT molecular complexity index is 460. The zero-order valence-corrected chi connectivity index (χ0v) is 11.5. The third-order valence-electron chi connectivity index (χ3n) is 2.86. The Balaban J connectivity index is 2.70. The number of hydrogen-bond donors (Lipinski definition) is 2. The molecule has 0 fully saturated rings. The molecule has 19 heavy (non-hydrogen) atoms. The van der Waals surface area contributed by atoms with Gasteiger partial charge in [0, 0.05) is 18.8 Å².